The average Bonchev–Trinajstić information content (AvgIpc) is 3.14. The smallest absolute Gasteiger partial charge is 0.329 e. The number of nitrogens with one attached hydrogen (secondary N) is 1. The van der Waals surface area contributed by atoms with Crippen molar-refractivity contribution in [3.63, 3.8) is 0 Å². The molecule has 0 spiro atoms. The van der Waals surface area contributed by atoms with Crippen LogP contribution < -0.4 is 11.2 Å². The molecule has 120 valence electrons. The summed E-state index contributed by atoms with van der Waals surface area (Å²) in [5, 5.41) is 1.21. The van der Waals surface area contributed by atoms with Gasteiger partial charge >= 0.3 is 5.69 Å². The van der Waals surface area contributed by atoms with Crippen molar-refractivity contribution in [3.8, 4) is 0 Å². The summed E-state index contributed by atoms with van der Waals surface area (Å²) < 4.78 is 6.41. The Bertz CT molecular complexity index is 1180. The number of hydrogen-bond acceptors (Lipinski definition) is 5. The number of aromatic amines is 1. The summed E-state index contributed by atoms with van der Waals surface area (Å²) >= 11 is 1.34. The maximum atomic E-state index is 12.5. The zero-order valence-corrected chi connectivity index (χ0v) is 13.5. The number of para-hydroxylation sites is 1. The van der Waals surface area contributed by atoms with E-state index in [9.17, 15) is 14.4 Å². The molecule has 3 heterocycles. The van der Waals surface area contributed by atoms with Gasteiger partial charge in [-0.05, 0) is 25.1 Å². The van der Waals surface area contributed by atoms with E-state index in [0.29, 0.717) is 15.8 Å². The van der Waals surface area contributed by atoms with E-state index in [1.165, 1.54) is 11.3 Å². The first-order chi connectivity index (χ1) is 11.5. The van der Waals surface area contributed by atoms with Crippen molar-refractivity contribution in [3.05, 3.63) is 67.9 Å². The molecule has 0 aliphatic heterocycles. The summed E-state index contributed by atoms with van der Waals surface area (Å²) in [6, 6.07) is 10.6. The van der Waals surface area contributed by atoms with Gasteiger partial charge in [0.1, 0.15) is 10.4 Å². The highest BCUT2D eigenvalue weighted by molar-refractivity contribution is 7.18. The third-order valence-corrected chi connectivity index (χ3v) is 4.76. The number of hydrogen-bond donors (Lipinski definition) is 1. The third kappa shape index (κ3) is 2.30. The molecule has 6 nitrogen and oxygen atoms in total. The number of aryl methyl sites for hydroxylation is 1. The number of H-pyrrole nitrogens is 1. The molecule has 0 fully saturated rings. The predicted molar refractivity (Wildman–Crippen MR) is 92.0 cm³/mol. The van der Waals surface area contributed by atoms with Gasteiger partial charge in [-0.2, -0.15) is 0 Å². The lowest BCUT2D eigenvalue weighted by Crippen LogP contribution is -2.36. The van der Waals surface area contributed by atoms with Crippen LogP contribution in [0.15, 0.2) is 50.4 Å². The molecule has 0 radical (unpaired) electrons. The van der Waals surface area contributed by atoms with Crippen molar-refractivity contribution in [1.29, 1.82) is 0 Å². The maximum absolute atomic E-state index is 12.5. The van der Waals surface area contributed by atoms with Crippen LogP contribution in [0.5, 0.6) is 0 Å². The number of rotatable bonds is 3. The Morgan fingerprint density at radius 3 is 2.83 bits per heavy atom. The standard InChI is InChI=1S/C17H12N2O4S/c1-9-6-11-15(24-9)18-17(22)19(16(11)21)8-12(20)14-7-10-4-2-3-5-13(10)23-14/h2-7H,8H2,1H3,(H,18,22). The molecular formula is C17H12N2O4S. The fraction of sp³-hybridized carbons (Fsp3) is 0.118. The number of benzene rings is 1. The number of ketones is 1. The van der Waals surface area contributed by atoms with E-state index >= 15 is 0 Å². The quantitative estimate of drug-likeness (QED) is 0.581. The summed E-state index contributed by atoms with van der Waals surface area (Å²) in [6.07, 6.45) is 0. The second-order valence-corrected chi connectivity index (χ2v) is 6.75. The number of furan rings is 1. The Kier molecular flexibility index (Phi) is 3.24. The van der Waals surface area contributed by atoms with Crippen LogP contribution in [0.1, 0.15) is 15.4 Å². The first-order valence-corrected chi connectivity index (χ1v) is 8.09. The van der Waals surface area contributed by atoms with Crippen LogP contribution in [0.25, 0.3) is 21.2 Å². The molecule has 1 aromatic carbocycles. The minimum atomic E-state index is -0.598. The van der Waals surface area contributed by atoms with Crippen LogP contribution in [-0.4, -0.2) is 15.3 Å². The number of Topliss-reactive ketones (excluding diaryl/α,β-unsaturated/α-hetero) is 1. The second kappa shape index (κ2) is 5.31. The highest BCUT2D eigenvalue weighted by Crippen LogP contribution is 2.20. The lowest BCUT2D eigenvalue weighted by atomic mass is 10.2. The fourth-order valence-corrected chi connectivity index (χ4v) is 3.55. The molecule has 3 aromatic heterocycles. The van der Waals surface area contributed by atoms with Gasteiger partial charge in [-0.1, -0.05) is 18.2 Å². The number of aromatic nitrogens is 2. The Morgan fingerprint density at radius 1 is 1.25 bits per heavy atom. The number of nitrogens with zero attached hydrogens (tertiary/aromatic N) is 1. The molecule has 0 unspecified atom stereocenters. The number of carbonyl (C=O) groups is 1. The van der Waals surface area contributed by atoms with Crippen LogP contribution in [0.4, 0.5) is 0 Å². The Labute approximate surface area is 139 Å². The lowest BCUT2D eigenvalue weighted by molar-refractivity contribution is 0.0944. The van der Waals surface area contributed by atoms with Crippen molar-refractivity contribution in [1.82, 2.24) is 9.55 Å². The van der Waals surface area contributed by atoms with Crippen LogP contribution in [0.2, 0.25) is 0 Å². The fourth-order valence-electron chi connectivity index (χ4n) is 2.65. The van der Waals surface area contributed by atoms with Crippen LogP contribution >= 0.6 is 11.3 Å². The molecule has 0 saturated heterocycles. The molecule has 7 heteroatoms. The Balaban J connectivity index is 1.77. The minimum Gasteiger partial charge on any atom is -0.453 e. The molecule has 24 heavy (non-hydrogen) atoms. The van der Waals surface area contributed by atoms with Crippen molar-refractivity contribution in [2.45, 2.75) is 13.5 Å². The normalized spacial score (nSPS) is 11.4. The molecule has 0 aliphatic rings. The number of carbonyl (C=O) groups excluding carboxylic acids is 1. The Morgan fingerprint density at radius 2 is 2.04 bits per heavy atom. The molecule has 4 rings (SSSR count). The van der Waals surface area contributed by atoms with E-state index in [1.54, 1.807) is 18.2 Å². The molecule has 4 aromatic rings. The average molecular weight is 340 g/mol. The van der Waals surface area contributed by atoms with E-state index in [0.717, 1.165) is 14.8 Å². The lowest BCUT2D eigenvalue weighted by Gasteiger charge is -2.02. The summed E-state index contributed by atoms with van der Waals surface area (Å²) in [7, 11) is 0. The highest BCUT2D eigenvalue weighted by atomic mass is 32.1. The molecule has 0 amide bonds. The van der Waals surface area contributed by atoms with Crippen molar-refractivity contribution in [2.24, 2.45) is 0 Å². The number of thiophene rings is 1. The van der Waals surface area contributed by atoms with E-state index < -0.39 is 17.0 Å². The van der Waals surface area contributed by atoms with Crippen LogP contribution in [0, 0.1) is 6.92 Å². The van der Waals surface area contributed by atoms with Gasteiger partial charge in [0, 0.05) is 10.3 Å². The topological polar surface area (TPSA) is 85.1 Å². The summed E-state index contributed by atoms with van der Waals surface area (Å²) in [6.45, 7) is 1.49. The molecule has 0 aliphatic carbocycles. The van der Waals surface area contributed by atoms with Gasteiger partial charge in [0.15, 0.2) is 5.76 Å². The second-order valence-electron chi connectivity index (χ2n) is 5.49. The molecule has 0 atom stereocenters. The van der Waals surface area contributed by atoms with E-state index in [4.69, 9.17) is 4.42 Å². The van der Waals surface area contributed by atoms with Crippen molar-refractivity contribution in [2.75, 3.05) is 0 Å². The Hall–Kier alpha value is -2.93. The monoisotopic (exact) mass is 340 g/mol. The van der Waals surface area contributed by atoms with Crippen LogP contribution in [0.3, 0.4) is 0 Å². The highest BCUT2D eigenvalue weighted by Gasteiger charge is 2.17. The van der Waals surface area contributed by atoms with Gasteiger partial charge < -0.3 is 4.42 Å². The van der Waals surface area contributed by atoms with Crippen molar-refractivity contribution < 1.29 is 9.21 Å². The third-order valence-electron chi connectivity index (χ3n) is 3.80. The summed E-state index contributed by atoms with van der Waals surface area (Å²) in [5.74, 6) is -0.297. The van der Waals surface area contributed by atoms with Crippen LogP contribution in [-0.2, 0) is 6.54 Å². The zero-order valence-electron chi connectivity index (χ0n) is 12.7. The van der Waals surface area contributed by atoms with E-state index in [2.05, 4.69) is 4.98 Å². The van der Waals surface area contributed by atoms with Crippen molar-refractivity contribution >= 4 is 38.3 Å². The summed E-state index contributed by atoms with van der Waals surface area (Å²) in [4.78, 5) is 41.1. The minimum absolute atomic E-state index is 0.129. The maximum Gasteiger partial charge on any atom is 0.329 e. The predicted octanol–water partition coefficient (Wildman–Crippen LogP) is 2.69. The largest absolute Gasteiger partial charge is 0.453 e. The number of fused-ring (bicyclic) bond motifs is 2. The molecule has 0 bridgehead atoms. The van der Waals surface area contributed by atoms with Gasteiger partial charge in [-0.15, -0.1) is 11.3 Å². The van der Waals surface area contributed by atoms with E-state index in [1.807, 2.05) is 25.1 Å². The van der Waals surface area contributed by atoms with Gasteiger partial charge in [-0.25, -0.2) is 4.79 Å². The first kappa shape index (κ1) is 14.6. The van der Waals surface area contributed by atoms with Gasteiger partial charge in [0.05, 0.1) is 11.9 Å². The van der Waals surface area contributed by atoms with Gasteiger partial charge in [-0.3, -0.25) is 19.1 Å². The van der Waals surface area contributed by atoms with Gasteiger partial charge in [0.2, 0.25) is 5.78 Å². The molecule has 1 N–H and O–H groups in total. The molecule has 0 saturated carbocycles. The summed E-state index contributed by atoms with van der Waals surface area (Å²) in [5.41, 5.74) is -0.479. The first-order valence-electron chi connectivity index (χ1n) is 7.28. The SMILES string of the molecule is Cc1cc2c(=O)n(CC(=O)c3cc4ccccc4o3)c(=O)[nH]c2s1. The zero-order chi connectivity index (χ0) is 16.8. The van der Waals surface area contributed by atoms with E-state index in [-0.39, 0.29) is 12.3 Å². The van der Waals surface area contributed by atoms with Gasteiger partial charge in [0.25, 0.3) is 5.56 Å². The molecular weight excluding hydrogens is 328 g/mol.